The van der Waals surface area contributed by atoms with Crippen LogP contribution in [0.2, 0.25) is 0 Å². The molecule has 0 aromatic heterocycles. The van der Waals surface area contributed by atoms with E-state index in [2.05, 4.69) is 10.8 Å². The van der Waals surface area contributed by atoms with Crippen LogP contribution >= 0.6 is 11.8 Å². The molecule has 0 atom stereocenters. The number of hydrogen-bond acceptors (Lipinski definition) is 4. The zero-order valence-electron chi connectivity index (χ0n) is 8.86. The summed E-state index contributed by atoms with van der Waals surface area (Å²) in [5.41, 5.74) is 0. The second-order valence-corrected chi connectivity index (χ2v) is 6.48. The topological polar surface area (TPSA) is 73.2 Å². The molecule has 0 amide bonds. The number of piperidine rings is 1. The molecule has 0 bridgehead atoms. The van der Waals surface area contributed by atoms with Crippen LogP contribution in [0.25, 0.3) is 0 Å². The van der Waals surface area contributed by atoms with Crippen LogP contribution in [-0.4, -0.2) is 43.9 Å². The van der Waals surface area contributed by atoms with Crippen LogP contribution in [0.3, 0.4) is 0 Å². The third kappa shape index (κ3) is 2.64. The third-order valence-electron chi connectivity index (χ3n) is 2.72. The summed E-state index contributed by atoms with van der Waals surface area (Å²) in [4.78, 5) is 0. The SMILES string of the molecule is CNS(=O)(=O)N1CCC(C#N)(SC)CC1. The van der Waals surface area contributed by atoms with Crippen molar-refractivity contribution in [3.63, 3.8) is 0 Å². The van der Waals surface area contributed by atoms with Gasteiger partial charge in [-0.3, -0.25) is 0 Å². The molecule has 0 radical (unpaired) electrons. The summed E-state index contributed by atoms with van der Waals surface area (Å²) >= 11 is 1.51. The van der Waals surface area contributed by atoms with Gasteiger partial charge in [-0.1, -0.05) is 0 Å². The van der Waals surface area contributed by atoms with Crippen molar-refractivity contribution in [3.8, 4) is 6.07 Å². The van der Waals surface area contributed by atoms with Gasteiger partial charge in [0.2, 0.25) is 0 Å². The second-order valence-electron chi connectivity index (χ2n) is 3.42. The Morgan fingerprint density at radius 1 is 1.47 bits per heavy atom. The van der Waals surface area contributed by atoms with E-state index in [9.17, 15) is 8.42 Å². The predicted molar refractivity (Wildman–Crippen MR) is 60.6 cm³/mol. The van der Waals surface area contributed by atoms with Crippen LogP contribution in [0.1, 0.15) is 12.8 Å². The van der Waals surface area contributed by atoms with Gasteiger partial charge in [0.25, 0.3) is 10.2 Å². The molecular weight excluding hydrogens is 234 g/mol. The Balaban J connectivity index is 2.69. The quantitative estimate of drug-likeness (QED) is 0.774. The van der Waals surface area contributed by atoms with Gasteiger partial charge in [-0.2, -0.15) is 18.0 Å². The molecule has 0 aromatic carbocycles. The Morgan fingerprint density at radius 2 is 2.00 bits per heavy atom. The molecule has 0 saturated carbocycles. The van der Waals surface area contributed by atoms with Crippen LogP contribution in [-0.2, 0) is 10.2 Å². The summed E-state index contributed by atoms with van der Waals surface area (Å²) in [5, 5.41) is 9.03. The molecule has 1 rings (SSSR count). The monoisotopic (exact) mass is 249 g/mol. The standard InChI is InChI=1S/C8H15N3O2S2/c1-10-15(12,13)11-5-3-8(7-9,14-2)4-6-11/h10H,3-6H2,1-2H3. The van der Waals surface area contributed by atoms with Gasteiger partial charge in [-0.15, -0.1) is 11.8 Å². The van der Waals surface area contributed by atoms with E-state index < -0.39 is 15.0 Å². The molecule has 1 aliphatic heterocycles. The van der Waals surface area contributed by atoms with E-state index in [0.717, 1.165) is 0 Å². The molecule has 1 heterocycles. The average molecular weight is 249 g/mol. The molecule has 0 aliphatic carbocycles. The summed E-state index contributed by atoms with van der Waals surface area (Å²) < 4.78 is 26.2. The Kier molecular flexibility index (Phi) is 4.00. The average Bonchev–Trinajstić information content (AvgIpc) is 2.29. The van der Waals surface area contributed by atoms with Gasteiger partial charge in [0.15, 0.2) is 0 Å². The van der Waals surface area contributed by atoms with Gasteiger partial charge in [-0.05, 0) is 19.1 Å². The minimum atomic E-state index is -3.32. The van der Waals surface area contributed by atoms with Crippen LogP contribution in [0.4, 0.5) is 0 Å². The van der Waals surface area contributed by atoms with Crippen LogP contribution in [0.5, 0.6) is 0 Å². The summed E-state index contributed by atoms with van der Waals surface area (Å²) in [6.07, 6.45) is 3.07. The first-order chi connectivity index (χ1) is 6.99. The summed E-state index contributed by atoms with van der Waals surface area (Å²) in [7, 11) is -1.92. The number of rotatable bonds is 3. The lowest BCUT2D eigenvalue weighted by Gasteiger charge is -2.34. The van der Waals surface area contributed by atoms with Crippen LogP contribution in [0.15, 0.2) is 0 Å². The van der Waals surface area contributed by atoms with Gasteiger partial charge in [0.05, 0.1) is 6.07 Å². The number of nitrogens with zero attached hydrogens (tertiary/aromatic N) is 2. The largest absolute Gasteiger partial charge is 0.279 e. The van der Waals surface area contributed by atoms with Crippen molar-refractivity contribution in [2.75, 3.05) is 26.4 Å². The first kappa shape index (κ1) is 12.8. The van der Waals surface area contributed by atoms with Gasteiger partial charge in [0.1, 0.15) is 4.75 Å². The van der Waals surface area contributed by atoms with Crippen molar-refractivity contribution in [3.05, 3.63) is 0 Å². The van der Waals surface area contributed by atoms with Crippen LogP contribution in [0, 0.1) is 11.3 Å². The van der Waals surface area contributed by atoms with Crippen molar-refractivity contribution in [1.29, 1.82) is 5.26 Å². The predicted octanol–water partition coefficient (Wildman–Crippen LogP) is 0.172. The maximum absolute atomic E-state index is 11.5. The van der Waals surface area contributed by atoms with Crippen molar-refractivity contribution >= 4 is 22.0 Å². The van der Waals surface area contributed by atoms with Crippen LogP contribution < -0.4 is 4.72 Å². The van der Waals surface area contributed by atoms with Crippen molar-refractivity contribution in [2.45, 2.75) is 17.6 Å². The second kappa shape index (κ2) is 4.70. The molecule has 0 unspecified atom stereocenters. The first-order valence-corrected chi connectivity index (χ1v) is 7.31. The highest BCUT2D eigenvalue weighted by atomic mass is 32.2. The highest BCUT2D eigenvalue weighted by molar-refractivity contribution is 8.00. The molecule has 15 heavy (non-hydrogen) atoms. The highest BCUT2D eigenvalue weighted by Gasteiger charge is 2.37. The lowest BCUT2D eigenvalue weighted by Crippen LogP contribution is -2.47. The highest BCUT2D eigenvalue weighted by Crippen LogP contribution is 2.34. The first-order valence-electron chi connectivity index (χ1n) is 4.65. The van der Waals surface area contributed by atoms with Gasteiger partial charge in [-0.25, -0.2) is 4.72 Å². The van der Waals surface area contributed by atoms with Crippen molar-refractivity contribution in [2.24, 2.45) is 0 Å². The molecule has 1 N–H and O–H groups in total. The maximum atomic E-state index is 11.5. The third-order valence-corrected chi connectivity index (χ3v) is 5.56. The number of hydrogen-bond donors (Lipinski definition) is 1. The molecule has 1 fully saturated rings. The molecule has 1 aliphatic rings. The van der Waals surface area contributed by atoms with Gasteiger partial charge in [0, 0.05) is 20.1 Å². The molecule has 86 valence electrons. The maximum Gasteiger partial charge on any atom is 0.279 e. The minimum Gasteiger partial charge on any atom is -0.205 e. The molecule has 0 aromatic rings. The Morgan fingerprint density at radius 3 is 2.33 bits per heavy atom. The van der Waals surface area contributed by atoms with E-state index in [0.29, 0.717) is 25.9 Å². The Labute approximate surface area is 95.0 Å². The summed E-state index contributed by atoms with van der Waals surface area (Å²) in [6, 6.07) is 2.28. The Hall–Kier alpha value is -0.290. The van der Waals surface area contributed by atoms with Gasteiger partial charge < -0.3 is 0 Å². The van der Waals surface area contributed by atoms with E-state index in [4.69, 9.17) is 5.26 Å². The van der Waals surface area contributed by atoms with Crippen molar-refractivity contribution < 1.29 is 8.42 Å². The number of nitrogens with one attached hydrogen (secondary N) is 1. The van der Waals surface area contributed by atoms with E-state index in [1.54, 1.807) is 0 Å². The molecule has 5 nitrogen and oxygen atoms in total. The molecule has 1 saturated heterocycles. The zero-order chi connectivity index (χ0) is 11.5. The van der Waals surface area contributed by atoms with E-state index in [1.165, 1.54) is 23.1 Å². The summed E-state index contributed by atoms with van der Waals surface area (Å²) in [5.74, 6) is 0. The Bertz CT molecular complexity index is 353. The fourth-order valence-electron chi connectivity index (χ4n) is 1.58. The lowest BCUT2D eigenvalue weighted by atomic mass is 9.99. The van der Waals surface area contributed by atoms with E-state index >= 15 is 0 Å². The zero-order valence-corrected chi connectivity index (χ0v) is 10.5. The summed E-state index contributed by atoms with van der Waals surface area (Å²) in [6.45, 7) is 0.829. The number of thioether (sulfide) groups is 1. The number of nitriles is 1. The minimum absolute atomic E-state index is 0.403. The fourth-order valence-corrected chi connectivity index (χ4v) is 3.18. The fraction of sp³-hybridized carbons (Fsp3) is 0.875. The molecule has 0 spiro atoms. The lowest BCUT2D eigenvalue weighted by molar-refractivity contribution is 0.324. The van der Waals surface area contributed by atoms with E-state index in [1.807, 2.05) is 6.26 Å². The van der Waals surface area contributed by atoms with Gasteiger partial charge >= 0.3 is 0 Å². The van der Waals surface area contributed by atoms with E-state index in [-0.39, 0.29) is 0 Å². The normalized spacial score (nSPS) is 22.2. The smallest absolute Gasteiger partial charge is 0.205 e. The molecule has 7 heteroatoms. The van der Waals surface area contributed by atoms with Crippen molar-refractivity contribution in [1.82, 2.24) is 9.03 Å². The molecular formula is C8H15N3O2S2.